The molecule has 0 aliphatic carbocycles. The molecule has 1 fully saturated rings. The highest BCUT2D eigenvalue weighted by Gasteiger charge is 2.46. The molecule has 1 aliphatic heterocycles. The number of amides is 11. The quantitative estimate of drug-likeness (QED) is 0.0701. The number of allylic oxidation sites excluding steroid dienone is 2. The fourth-order valence-electron chi connectivity index (χ4n) is 12.0. The highest BCUT2D eigenvalue weighted by Crippen LogP contribution is 2.26. The van der Waals surface area contributed by atoms with E-state index in [0.717, 1.165) is 18.0 Å². The van der Waals surface area contributed by atoms with Crippen LogP contribution in [-0.4, -0.2) is 264 Å². The highest BCUT2D eigenvalue weighted by molar-refractivity contribution is 6.00. The zero-order valence-corrected chi connectivity index (χ0v) is 63.0. The molecule has 0 bridgehead atoms. The lowest BCUT2D eigenvalue weighted by Crippen LogP contribution is -2.64. The molecule has 0 radical (unpaired) electrons. The second-order valence-corrected chi connectivity index (χ2v) is 28.8. The number of carbonyl (C=O) groups is 11. The molecule has 1 aliphatic rings. The van der Waals surface area contributed by atoms with E-state index < -0.39 is 155 Å². The number of hydrogen-bond donors (Lipinski definition) is 5. The number of carbonyl (C=O) groups excluding carboxylic acids is 11. The molecule has 0 spiro atoms. The Kier molecular flexibility index (Phi) is 37.6. The summed E-state index contributed by atoms with van der Waals surface area (Å²) in [6.45, 7) is 36.0. The first kappa shape index (κ1) is 86.8. The molecule has 1 rings (SSSR count). The Morgan fingerprint density at radius 1 is 0.474 bits per heavy atom. The van der Waals surface area contributed by atoms with Gasteiger partial charge in [-0.3, -0.25) is 52.7 Å². The van der Waals surface area contributed by atoms with Crippen LogP contribution in [-0.2, 0) is 57.5 Å². The zero-order chi connectivity index (χ0) is 73.4. The van der Waals surface area contributed by atoms with Gasteiger partial charge < -0.3 is 70.3 Å². The summed E-state index contributed by atoms with van der Waals surface area (Å²) in [5, 5.41) is 23.5. The highest BCUT2D eigenvalue weighted by atomic mass is 16.5. The van der Waals surface area contributed by atoms with Crippen molar-refractivity contribution in [2.24, 2.45) is 41.4 Å². The molecule has 25 heteroatoms. The van der Waals surface area contributed by atoms with Crippen LogP contribution in [0.2, 0.25) is 0 Å². The Morgan fingerprint density at radius 2 is 0.916 bits per heavy atom. The predicted molar refractivity (Wildman–Crippen MR) is 371 cm³/mol. The fraction of sp³-hybridized carbons (Fsp3) is 0.814. The summed E-state index contributed by atoms with van der Waals surface area (Å²) in [5.41, 5.74) is 0. The molecule has 0 aromatic heterocycles. The number of likely N-dealkylation sites (N-methyl/N-ethyl adjacent to an activating group) is 8. The third-order valence-electron chi connectivity index (χ3n) is 18.4. The summed E-state index contributed by atoms with van der Waals surface area (Å²) in [5.74, 6) is -9.82. The Labute approximate surface area is 570 Å². The Hall–Kier alpha value is -6.21. The lowest BCUT2D eigenvalue weighted by Gasteiger charge is -2.41. The summed E-state index contributed by atoms with van der Waals surface area (Å²) in [7, 11) is 10.0. The molecule has 0 unspecified atom stereocenters. The van der Waals surface area contributed by atoms with Crippen molar-refractivity contribution in [3.8, 4) is 0 Å². The fourth-order valence-corrected chi connectivity index (χ4v) is 12.0. The van der Waals surface area contributed by atoms with E-state index >= 15 is 28.8 Å². The first-order valence-electron chi connectivity index (χ1n) is 34.8. The molecule has 5 N–H and O–H groups in total. The summed E-state index contributed by atoms with van der Waals surface area (Å²) >= 11 is 0. The molecule has 1 heterocycles. The second kappa shape index (κ2) is 41.1. The molecule has 25 nitrogen and oxygen atoms in total. The minimum atomic E-state index is -1.65. The van der Waals surface area contributed by atoms with Crippen molar-refractivity contribution in [3.63, 3.8) is 0 Å². The van der Waals surface area contributed by atoms with Gasteiger partial charge in [0, 0.05) is 55.9 Å². The summed E-state index contributed by atoms with van der Waals surface area (Å²) in [6, 6.07) is -14.1. The van der Waals surface area contributed by atoms with E-state index in [1.54, 1.807) is 54.5 Å². The topological polar surface area (TPSA) is 291 Å². The molecule has 13 atom stereocenters. The van der Waals surface area contributed by atoms with Gasteiger partial charge in [-0.15, -0.1) is 0 Å². The van der Waals surface area contributed by atoms with Gasteiger partial charge in [-0.2, -0.15) is 0 Å². The van der Waals surface area contributed by atoms with Crippen molar-refractivity contribution in [2.75, 3.05) is 82.2 Å². The number of hydrogen-bond acceptors (Lipinski definition) is 14. The van der Waals surface area contributed by atoms with E-state index in [-0.39, 0.29) is 69.0 Å². The number of rotatable bonds is 23. The molecule has 0 aromatic carbocycles. The Bertz CT molecular complexity index is 2540. The Morgan fingerprint density at radius 3 is 1.39 bits per heavy atom. The number of aliphatic hydroxyl groups excluding tert-OH is 1. The predicted octanol–water partition coefficient (Wildman–Crippen LogP) is 4.39. The van der Waals surface area contributed by atoms with E-state index in [9.17, 15) is 29.1 Å². The van der Waals surface area contributed by atoms with Gasteiger partial charge in [-0.25, -0.2) is 0 Å². The van der Waals surface area contributed by atoms with Gasteiger partial charge in [-0.05, 0) is 120 Å². The first-order valence-corrected chi connectivity index (χ1v) is 34.8. The standard InChI is InChI=1S/C70H128N12O13/c1-27-31-32-47(17)59(83)58-63(87)73-50(28-2)65(89)79(24)55(40-95-36-35-82(29-3)30-4)68(92)76(21)53(38-43(9)10)62(86)74-56(45(13)14)69(93)77(22)52(37-42(7)8)61(85)71-48(18)60(84)72-49(19)64(88)78(23)54(39-44(11)12)67(91)75(20)51(34-33-41(5)6)66(90)80(25)57(46(15)16)70(94)81(58)26/h27,31,41-59,83H,28-30,32-40H2,1-26H3,(H,71,85)(H,72,84)(H,73,87)(H,74,86)/b31-27+/t47-,48-,49+,50-,51-,52-,53+,54+,55-,56-,57-,58+,59-/m1/s1. The van der Waals surface area contributed by atoms with Crippen LogP contribution < -0.4 is 21.3 Å². The molecular weight excluding hydrogens is 1220 g/mol. The zero-order valence-electron chi connectivity index (χ0n) is 63.0. The normalized spacial score (nSPS) is 26.2. The first-order chi connectivity index (χ1) is 44.1. The molecule has 546 valence electrons. The van der Waals surface area contributed by atoms with E-state index in [1.165, 1.54) is 92.6 Å². The molecular formula is C70H128N12O13. The average Bonchev–Trinajstić information content (AvgIpc) is 0.813. The molecule has 1 saturated heterocycles. The lowest BCUT2D eigenvalue weighted by molar-refractivity contribution is -0.157. The summed E-state index contributed by atoms with van der Waals surface area (Å²) in [4.78, 5) is 175. The van der Waals surface area contributed by atoms with Crippen molar-refractivity contribution >= 4 is 65.0 Å². The van der Waals surface area contributed by atoms with Crippen LogP contribution in [0.5, 0.6) is 0 Å². The summed E-state index contributed by atoms with van der Waals surface area (Å²) < 4.78 is 6.21. The maximum atomic E-state index is 15.4. The number of nitrogens with zero attached hydrogens (tertiary/aromatic N) is 8. The van der Waals surface area contributed by atoms with Crippen LogP contribution in [0, 0.1) is 41.4 Å². The van der Waals surface area contributed by atoms with Crippen LogP contribution in [0.15, 0.2) is 12.2 Å². The van der Waals surface area contributed by atoms with Crippen molar-refractivity contribution in [2.45, 2.75) is 249 Å². The molecule has 11 amide bonds. The van der Waals surface area contributed by atoms with Gasteiger partial charge in [0.1, 0.15) is 66.5 Å². The van der Waals surface area contributed by atoms with Gasteiger partial charge in [0.25, 0.3) is 0 Å². The lowest BCUT2D eigenvalue weighted by atomic mass is 9.91. The molecule has 0 aromatic rings. The van der Waals surface area contributed by atoms with E-state index in [0.29, 0.717) is 19.4 Å². The van der Waals surface area contributed by atoms with Crippen LogP contribution >= 0.6 is 0 Å². The minimum absolute atomic E-state index is 0.0227. The van der Waals surface area contributed by atoms with Gasteiger partial charge in [0.05, 0.1) is 19.3 Å². The summed E-state index contributed by atoms with van der Waals surface area (Å²) in [6.07, 6.45) is 3.38. The van der Waals surface area contributed by atoms with Crippen molar-refractivity contribution in [1.82, 2.24) is 60.5 Å². The van der Waals surface area contributed by atoms with Crippen LogP contribution in [0.3, 0.4) is 0 Å². The van der Waals surface area contributed by atoms with Crippen molar-refractivity contribution in [3.05, 3.63) is 12.2 Å². The van der Waals surface area contributed by atoms with Gasteiger partial charge >= 0.3 is 0 Å². The third kappa shape index (κ3) is 25.3. The van der Waals surface area contributed by atoms with Crippen LogP contribution in [0.4, 0.5) is 0 Å². The van der Waals surface area contributed by atoms with Crippen LogP contribution in [0.25, 0.3) is 0 Å². The monoisotopic (exact) mass is 1340 g/mol. The van der Waals surface area contributed by atoms with Gasteiger partial charge in [0.2, 0.25) is 65.0 Å². The largest absolute Gasteiger partial charge is 0.390 e. The Balaban J connectivity index is 4.57. The molecule has 95 heavy (non-hydrogen) atoms. The maximum Gasteiger partial charge on any atom is 0.248 e. The van der Waals surface area contributed by atoms with Crippen molar-refractivity contribution in [1.29, 1.82) is 0 Å². The minimum Gasteiger partial charge on any atom is -0.390 e. The number of aliphatic hydroxyl groups is 1. The van der Waals surface area contributed by atoms with E-state index in [2.05, 4.69) is 26.2 Å². The van der Waals surface area contributed by atoms with Crippen molar-refractivity contribution < 1.29 is 62.6 Å². The van der Waals surface area contributed by atoms with Gasteiger partial charge in [-0.1, -0.05) is 123 Å². The smallest absolute Gasteiger partial charge is 0.248 e. The average molecular weight is 1350 g/mol. The van der Waals surface area contributed by atoms with Gasteiger partial charge in [0.15, 0.2) is 0 Å². The SMILES string of the molecule is C/C=C/C[C@@H](C)[C@@H](O)[C@H]1C(=O)N[C@H](CC)C(=O)N(C)[C@H](COCCN(CC)CC)C(=O)N(C)[C@@H](CC(C)C)C(=O)N[C@H](C(C)C)C(=O)N(C)[C@H](CC(C)C)C(=O)N[C@H](C)C(=O)N[C@@H](C)C(=O)N(C)[C@@H](CC(C)C)C(=O)N(C)[C@H](CCC(C)C)C(=O)N(C)[C@H](C(C)C)C(=O)N1C. The maximum absolute atomic E-state index is 15.4. The van der Waals surface area contributed by atoms with E-state index in [1.807, 2.05) is 75.3 Å². The van der Waals surface area contributed by atoms with E-state index in [4.69, 9.17) is 4.74 Å². The number of ether oxygens (including phenoxy) is 1. The number of nitrogens with one attached hydrogen (secondary N) is 4. The molecule has 0 saturated carbocycles. The second-order valence-electron chi connectivity index (χ2n) is 28.8. The van der Waals surface area contributed by atoms with Crippen LogP contribution in [0.1, 0.15) is 176 Å². The third-order valence-corrected chi connectivity index (χ3v) is 18.4.